The van der Waals surface area contributed by atoms with Crippen LogP contribution < -0.4 is 5.56 Å². The minimum atomic E-state index is -0.119. The largest absolute Gasteiger partial charge is 0.308 e. The maximum absolute atomic E-state index is 12.0. The summed E-state index contributed by atoms with van der Waals surface area (Å²) in [5.41, 5.74) is 2.52. The quantitative estimate of drug-likeness (QED) is 0.784. The lowest BCUT2D eigenvalue weighted by atomic mass is 10.2. The third-order valence-electron chi connectivity index (χ3n) is 3.25. The van der Waals surface area contributed by atoms with Gasteiger partial charge in [0.25, 0.3) is 5.56 Å². The zero-order valence-corrected chi connectivity index (χ0v) is 12.7. The van der Waals surface area contributed by atoms with E-state index in [1.165, 1.54) is 0 Å². The molecule has 1 aromatic carbocycles. The molecule has 0 aliphatic carbocycles. The Bertz CT molecular complexity index is 850. The number of H-pyrrole nitrogens is 1. The normalized spacial score (nSPS) is 11.2. The molecule has 6 heteroatoms. The Balaban J connectivity index is 2.07. The van der Waals surface area contributed by atoms with E-state index < -0.39 is 0 Å². The van der Waals surface area contributed by atoms with Gasteiger partial charge in [0.1, 0.15) is 5.82 Å². The van der Waals surface area contributed by atoms with Crippen LogP contribution in [0.3, 0.4) is 0 Å². The number of fused-ring (bicyclic) bond motifs is 1. The lowest BCUT2D eigenvalue weighted by molar-refractivity contribution is 0.632. The number of hydrogen-bond donors (Lipinski definition) is 1. The molecule has 0 aliphatic heterocycles. The number of rotatable bonds is 2. The van der Waals surface area contributed by atoms with Crippen LogP contribution in [0.2, 0.25) is 0 Å². The van der Waals surface area contributed by atoms with Crippen molar-refractivity contribution in [2.45, 2.75) is 20.4 Å². The van der Waals surface area contributed by atoms with E-state index in [9.17, 15) is 4.79 Å². The monoisotopic (exact) mass is 332 g/mol. The predicted octanol–water partition coefficient (Wildman–Crippen LogP) is 2.55. The third-order valence-corrected chi connectivity index (χ3v) is 4.40. The number of nitrogens with zero attached hydrogens (tertiary/aromatic N) is 3. The fourth-order valence-corrected chi connectivity index (χ4v) is 2.46. The Hall–Kier alpha value is -1.95. The standard InChI is InChI=1S/C14H13BrN4O/c1-8-13(15)9(2)19(18-8)7-12-16-11-6-4-3-5-10(11)14(20)17-12/h3-6H,7H2,1-2H3,(H,16,17,20). The van der Waals surface area contributed by atoms with E-state index in [-0.39, 0.29) is 5.56 Å². The maximum atomic E-state index is 12.0. The van der Waals surface area contributed by atoms with Gasteiger partial charge in [-0.2, -0.15) is 5.10 Å². The Morgan fingerprint density at radius 1 is 1.30 bits per heavy atom. The molecule has 0 aliphatic rings. The van der Waals surface area contributed by atoms with Crippen molar-refractivity contribution in [1.29, 1.82) is 0 Å². The van der Waals surface area contributed by atoms with Crippen LogP contribution in [0.4, 0.5) is 0 Å². The van der Waals surface area contributed by atoms with Gasteiger partial charge in [0.2, 0.25) is 0 Å². The number of hydrogen-bond acceptors (Lipinski definition) is 3. The van der Waals surface area contributed by atoms with Crippen LogP contribution in [0.5, 0.6) is 0 Å². The van der Waals surface area contributed by atoms with Crippen LogP contribution in [0.25, 0.3) is 10.9 Å². The molecular weight excluding hydrogens is 320 g/mol. The van der Waals surface area contributed by atoms with E-state index >= 15 is 0 Å². The van der Waals surface area contributed by atoms with Crippen molar-refractivity contribution in [2.75, 3.05) is 0 Å². The van der Waals surface area contributed by atoms with Crippen molar-refractivity contribution >= 4 is 26.8 Å². The molecule has 0 saturated carbocycles. The van der Waals surface area contributed by atoms with Crippen LogP contribution in [-0.4, -0.2) is 19.7 Å². The van der Waals surface area contributed by atoms with Gasteiger partial charge in [0, 0.05) is 0 Å². The molecule has 102 valence electrons. The molecule has 3 aromatic rings. The topological polar surface area (TPSA) is 63.6 Å². The van der Waals surface area contributed by atoms with E-state index in [1.54, 1.807) is 6.07 Å². The second-order valence-electron chi connectivity index (χ2n) is 4.67. The second kappa shape index (κ2) is 4.86. The number of para-hydroxylation sites is 1. The van der Waals surface area contributed by atoms with Gasteiger partial charge in [0.15, 0.2) is 0 Å². The number of halogens is 1. The molecule has 0 saturated heterocycles. The smallest absolute Gasteiger partial charge is 0.258 e. The molecule has 2 aromatic heterocycles. The summed E-state index contributed by atoms with van der Waals surface area (Å²) in [5.74, 6) is 0.604. The molecule has 0 spiro atoms. The molecule has 0 bridgehead atoms. The van der Waals surface area contributed by atoms with Gasteiger partial charge in [-0.15, -0.1) is 0 Å². The molecule has 0 radical (unpaired) electrons. The first-order valence-electron chi connectivity index (χ1n) is 6.23. The highest BCUT2D eigenvalue weighted by Crippen LogP contribution is 2.20. The predicted molar refractivity (Wildman–Crippen MR) is 80.9 cm³/mol. The number of nitrogens with one attached hydrogen (secondary N) is 1. The van der Waals surface area contributed by atoms with Crippen molar-refractivity contribution in [3.05, 3.63) is 56.3 Å². The van der Waals surface area contributed by atoms with E-state index in [0.717, 1.165) is 15.9 Å². The molecule has 0 fully saturated rings. The van der Waals surface area contributed by atoms with Gasteiger partial charge in [-0.05, 0) is 41.9 Å². The Morgan fingerprint density at radius 3 is 2.75 bits per heavy atom. The molecule has 3 rings (SSSR count). The SMILES string of the molecule is Cc1nn(Cc2nc3ccccc3c(=O)[nH]2)c(C)c1Br. The first-order valence-corrected chi connectivity index (χ1v) is 7.03. The summed E-state index contributed by atoms with van der Waals surface area (Å²) < 4.78 is 2.81. The molecule has 0 unspecified atom stereocenters. The van der Waals surface area contributed by atoms with Crippen LogP contribution in [0.1, 0.15) is 17.2 Å². The number of aromatic amines is 1. The third kappa shape index (κ3) is 2.16. The number of benzene rings is 1. The summed E-state index contributed by atoms with van der Waals surface area (Å²) in [7, 11) is 0. The van der Waals surface area contributed by atoms with Crippen molar-refractivity contribution in [3.8, 4) is 0 Å². The highest BCUT2D eigenvalue weighted by molar-refractivity contribution is 9.10. The van der Waals surface area contributed by atoms with Crippen molar-refractivity contribution in [1.82, 2.24) is 19.7 Å². The second-order valence-corrected chi connectivity index (χ2v) is 5.47. The average molecular weight is 333 g/mol. The minimum absolute atomic E-state index is 0.119. The Kier molecular flexibility index (Phi) is 3.17. The van der Waals surface area contributed by atoms with E-state index in [0.29, 0.717) is 23.3 Å². The molecule has 2 heterocycles. The molecule has 20 heavy (non-hydrogen) atoms. The van der Waals surface area contributed by atoms with E-state index in [4.69, 9.17) is 0 Å². The first kappa shape index (κ1) is 13.1. The fraction of sp³-hybridized carbons (Fsp3) is 0.214. The van der Waals surface area contributed by atoms with Crippen LogP contribution in [0.15, 0.2) is 33.5 Å². The summed E-state index contributed by atoms with van der Waals surface area (Å²) in [5, 5.41) is 5.03. The van der Waals surface area contributed by atoms with Gasteiger partial charge in [-0.1, -0.05) is 12.1 Å². The molecule has 1 N–H and O–H groups in total. The first-order chi connectivity index (χ1) is 9.56. The maximum Gasteiger partial charge on any atom is 0.258 e. The average Bonchev–Trinajstić information content (AvgIpc) is 2.66. The summed E-state index contributed by atoms with van der Waals surface area (Å²) in [6.07, 6.45) is 0. The summed E-state index contributed by atoms with van der Waals surface area (Å²) in [6.45, 7) is 4.35. The van der Waals surface area contributed by atoms with Crippen molar-refractivity contribution < 1.29 is 0 Å². The Morgan fingerprint density at radius 2 is 2.05 bits per heavy atom. The minimum Gasteiger partial charge on any atom is -0.308 e. The molecule has 5 nitrogen and oxygen atoms in total. The van der Waals surface area contributed by atoms with E-state index in [1.807, 2.05) is 36.7 Å². The molecule has 0 amide bonds. The van der Waals surface area contributed by atoms with Gasteiger partial charge >= 0.3 is 0 Å². The lowest BCUT2D eigenvalue weighted by Crippen LogP contribution is -2.15. The summed E-state index contributed by atoms with van der Waals surface area (Å²) in [6, 6.07) is 7.31. The summed E-state index contributed by atoms with van der Waals surface area (Å²) >= 11 is 3.49. The number of aryl methyl sites for hydroxylation is 1. The van der Waals surface area contributed by atoms with Crippen LogP contribution in [0, 0.1) is 13.8 Å². The van der Waals surface area contributed by atoms with E-state index in [2.05, 4.69) is 31.0 Å². The molecule has 0 atom stereocenters. The Labute approximate surface area is 123 Å². The van der Waals surface area contributed by atoms with Crippen molar-refractivity contribution in [3.63, 3.8) is 0 Å². The summed E-state index contributed by atoms with van der Waals surface area (Å²) in [4.78, 5) is 19.3. The van der Waals surface area contributed by atoms with Gasteiger partial charge in [-0.3, -0.25) is 9.48 Å². The highest BCUT2D eigenvalue weighted by atomic mass is 79.9. The molecular formula is C14H13BrN4O. The van der Waals surface area contributed by atoms with Crippen molar-refractivity contribution in [2.24, 2.45) is 0 Å². The zero-order valence-electron chi connectivity index (χ0n) is 11.1. The van der Waals surface area contributed by atoms with Crippen LogP contribution >= 0.6 is 15.9 Å². The zero-order chi connectivity index (χ0) is 14.3. The number of aromatic nitrogens is 4. The van der Waals surface area contributed by atoms with Crippen LogP contribution in [-0.2, 0) is 6.54 Å². The highest BCUT2D eigenvalue weighted by Gasteiger charge is 2.10. The van der Waals surface area contributed by atoms with Gasteiger partial charge < -0.3 is 4.98 Å². The lowest BCUT2D eigenvalue weighted by Gasteiger charge is -2.05. The fourth-order valence-electron chi connectivity index (χ4n) is 2.18. The van der Waals surface area contributed by atoms with Gasteiger partial charge in [0.05, 0.1) is 33.3 Å². The van der Waals surface area contributed by atoms with Gasteiger partial charge in [-0.25, -0.2) is 4.98 Å².